The van der Waals surface area contributed by atoms with Gasteiger partial charge in [-0.15, -0.1) is 11.3 Å². The number of aromatic nitrogens is 2. The SMILES string of the molecule is O=c1oc2ccccc2c2c1c(C(F)(F)F)nc1ncsc12. The van der Waals surface area contributed by atoms with Crippen molar-refractivity contribution < 1.29 is 17.6 Å². The predicted octanol–water partition coefficient (Wildman–Crippen LogP) is 3.97. The van der Waals surface area contributed by atoms with Crippen LogP contribution in [0, 0.1) is 0 Å². The topological polar surface area (TPSA) is 56.0 Å². The monoisotopic (exact) mass is 322 g/mol. The summed E-state index contributed by atoms with van der Waals surface area (Å²) in [7, 11) is 0. The fourth-order valence-corrected chi connectivity index (χ4v) is 3.25. The molecule has 4 rings (SSSR count). The number of fused-ring (bicyclic) bond motifs is 5. The molecule has 4 nitrogen and oxygen atoms in total. The Labute approximate surface area is 123 Å². The second kappa shape index (κ2) is 4.26. The molecular formula is C14H5F3N2O2S. The summed E-state index contributed by atoms with van der Waals surface area (Å²) in [5.74, 6) is 0. The number of thiazole rings is 1. The molecule has 0 N–H and O–H groups in total. The van der Waals surface area contributed by atoms with Crippen molar-refractivity contribution in [2.75, 3.05) is 0 Å². The van der Waals surface area contributed by atoms with E-state index in [9.17, 15) is 18.0 Å². The first-order valence-corrected chi connectivity index (χ1v) is 7.01. The molecule has 0 unspecified atom stereocenters. The molecule has 0 saturated heterocycles. The van der Waals surface area contributed by atoms with Gasteiger partial charge in [-0.05, 0) is 6.07 Å². The molecule has 0 aliphatic carbocycles. The van der Waals surface area contributed by atoms with E-state index in [1.54, 1.807) is 18.2 Å². The van der Waals surface area contributed by atoms with Crippen LogP contribution in [-0.4, -0.2) is 9.97 Å². The van der Waals surface area contributed by atoms with Gasteiger partial charge >= 0.3 is 11.8 Å². The van der Waals surface area contributed by atoms with Gasteiger partial charge < -0.3 is 4.42 Å². The third-order valence-electron chi connectivity index (χ3n) is 3.31. The van der Waals surface area contributed by atoms with E-state index in [0.717, 1.165) is 11.3 Å². The standard InChI is InChI=1S/C14H5F3N2O2S/c15-14(16,17)11-9-8(10-12(19-11)18-5-22-10)6-3-1-2-4-7(6)21-13(9)20/h1-5H. The Bertz CT molecular complexity index is 1100. The highest BCUT2D eigenvalue weighted by atomic mass is 32.1. The van der Waals surface area contributed by atoms with Gasteiger partial charge in [-0.25, -0.2) is 14.8 Å². The van der Waals surface area contributed by atoms with Crippen LogP contribution in [0.5, 0.6) is 0 Å². The molecule has 0 saturated carbocycles. The first kappa shape index (κ1) is 13.2. The Morgan fingerprint density at radius 2 is 1.91 bits per heavy atom. The maximum atomic E-state index is 13.3. The quantitative estimate of drug-likeness (QED) is 0.363. The Hall–Kier alpha value is -2.48. The van der Waals surface area contributed by atoms with Gasteiger partial charge in [0.15, 0.2) is 11.3 Å². The third kappa shape index (κ3) is 1.73. The lowest BCUT2D eigenvalue weighted by atomic mass is 10.1. The van der Waals surface area contributed by atoms with Gasteiger partial charge in [-0.2, -0.15) is 13.2 Å². The summed E-state index contributed by atoms with van der Waals surface area (Å²) in [5, 5.41) is 0.0638. The Balaban J connectivity index is 2.42. The third-order valence-corrected chi connectivity index (χ3v) is 4.15. The summed E-state index contributed by atoms with van der Waals surface area (Å²) in [6, 6.07) is 6.46. The number of nitrogens with zero attached hydrogens (tertiary/aromatic N) is 2. The van der Waals surface area contributed by atoms with Crippen molar-refractivity contribution in [3.05, 3.63) is 45.9 Å². The van der Waals surface area contributed by atoms with E-state index < -0.39 is 22.9 Å². The number of rotatable bonds is 0. The molecule has 3 aromatic heterocycles. The molecular weight excluding hydrogens is 317 g/mol. The van der Waals surface area contributed by atoms with Gasteiger partial charge in [0, 0.05) is 10.8 Å². The lowest BCUT2D eigenvalue weighted by Crippen LogP contribution is -2.14. The normalized spacial score (nSPS) is 12.5. The number of halogens is 3. The number of alkyl halides is 3. The zero-order chi connectivity index (χ0) is 15.5. The van der Waals surface area contributed by atoms with Crippen molar-refractivity contribution in [3.8, 4) is 0 Å². The maximum Gasteiger partial charge on any atom is 0.434 e. The summed E-state index contributed by atoms with van der Waals surface area (Å²) >= 11 is 1.14. The highest BCUT2D eigenvalue weighted by Gasteiger charge is 2.37. The van der Waals surface area contributed by atoms with Crippen LogP contribution in [0.4, 0.5) is 13.2 Å². The van der Waals surface area contributed by atoms with E-state index in [1.165, 1.54) is 11.6 Å². The molecule has 0 fully saturated rings. The van der Waals surface area contributed by atoms with Crippen molar-refractivity contribution in [1.82, 2.24) is 9.97 Å². The summed E-state index contributed by atoms with van der Waals surface area (Å²) in [5.41, 5.74) is -0.709. The molecule has 0 radical (unpaired) electrons. The zero-order valence-electron chi connectivity index (χ0n) is 10.6. The molecule has 3 heterocycles. The number of hydrogen-bond acceptors (Lipinski definition) is 5. The fourth-order valence-electron chi connectivity index (χ4n) is 2.46. The van der Waals surface area contributed by atoms with Crippen LogP contribution >= 0.6 is 11.3 Å². The van der Waals surface area contributed by atoms with Crippen LogP contribution < -0.4 is 5.63 Å². The number of benzene rings is 1. The summed E-state index contributed by atoms with van der Waals surface area (Å²) in [6.45, 7) is 0. The second-order valence-corrected chi connectivity index (χ2v) is 5.45. The Kier molecular flexibility index (Phi) is 2.56. The number of para-hydroxylation sites is 1. The molecule has 0 bridgehead atoms. The Morgan fingerprint density at radius 1 is 1.14 bits per heavy atom. The van der Waals surface area contributed by atoms with Crippen molar-refractivity contribution in [1.29, 1.82) is 0 Å². The zero-order valence-corrected chi connectivity index (χ0v) is 11.5. The summed E-state index contributed by atoms with van der Waals surface area (Å²) in [6.07, 6.45) is -4.77. The molecule has 0 aliphatic heterocycles. The molecule has 22 heavy (non-hydrogen) atoms. The molecule has 0 atom stereocenters. The maximum absolute atomic E-state index is 13.3. The van der Waals surface area contributed by atoms with E-state index in [1.807, 2.05) is 0 Å². The first-order chi connectivity index (χ1) is 10.5. The molecule has 8 heteroatoms. The summed E-state index contributed by atoms with van der Waals surface area (Å²) < 4.78 is 45.3. The first-order valence-electron chi connectivity index (χ1n) is 6.13. The molecule has 1 aromatic carbocycles. The fraction of sp³-hybridized carbons (Fsp3) is 0.0714. The van der Waals surface area contributed by atoms with Gasteiger partial charge in [0.25, 0.3) is 0 Å². The van der Waals surface area contributed by atoms with E-state index >= 15 is 0 Å². The van der Waals surface area contributed by atoms with Crippen LogP contribution in [0.3, 0.4) is 0 Å². The van der Waals surface area contributed by atoms with Gasteiger partial charge in [-0.3, -0.25) is 0 Å². The van der Waals surface area contributed by atoms with Gasteiger partial charge in [-0.1, -0.05) is 18.2 Å². The largest absolute Gasteiger partial charge is 0.434 e. The molecule has 0 spiro atoms. The molecule has 0 amide bonds. The second-order valence-electron chi connectivity index (χ2n) is 4.60. The summed E-state index contributed by atoms with van der Waals surface area (Å²) in [4.78, 5) is 19.5. The average Bonchev–Trinajstić information content (AvgIpc) is 2.93. The number of hydrogen-bond donors (Lipinski definition) is 0. The van der Waals surface area contributed by atoms with Crippen molar-refractivity contribution in [3.63, 3.8) is 0 Å². The van der Waals surface area contributed by atoms with Gasteiger partial charge in [0.1, 0.15) is 11.0 Å². The minimum Gasteiger partial charge on any atom is -0.422 e. The van der Waals surface area contributed by atoms with Crippen LogP contribution in [-0.2, 0) is 6.18 Å². The van der Waals surface area contributed by atoms with Crippen molar-refractivity contribution in [2.45, 2.75) is 6.18 Å². The van der Waals surface area contributed by atoms with Crippen molar-refractivity contribution >= 4 is 43.4 Å². The molecule has 0 aliphatic rings. The van der Waals surface area contributed by atoms with Crippen LogP contribution in [0.15, 0.2) is 39.0 Å². The van der Waals surface area contributed by atoms with Crippen LogP contribution in [0.25, 0.3) is 32.1 Å². The molecule has 110 valence electrons. The smallest absolute Gasteiger partial charge is 0.422 e. The van der Waals surface area contributed by atoms with E-state index in [0.29, 0.717) is 10.1 Å². The van der Waals surface area contributed by atoms with E-state index in [-0.39, 0.29) is 16.6 Å². The lowest BCUT2D eigenvalue weighted by molar-refractivity contribution is -0.139. The van der Waals surface area contributed by atoms with E-state index in [4.69, 9.17) is 4.42 Å². The number of pyridine rings is 1. The minimum absolute atomic E-state index is 0.0272. The van der Waals surface area contributed by atoms with Gasteiger partial charge in [0.05, 0.1) is 10.2 Å². The molecule has 4 aromatic rings. The van der Waals surface area contributed by atoms with E-state index in [2.05, 4.69) is 9.97 Å². The lowest BCUT2D eigenvalue weighted by Gasteiger charge is -2.10. The van der Waals surface area contributed by atoms with Crippen molar-refractivity contribution in [2.24, 2.45) is 0 Å². The van der Waals surface area contributed by atoms with Crippen LogP contribution in [0.2, 0.25) is 0 Å². The van der Waals surface area contributed by atoms with Gasteiger partial charge in [0.2, 0.25) is 0 Å². The minimum atomic E-state index is -4.77. The average molecular weight is 322 g/mol. The highest BCUT2D eigenvalue weighted by molar-refractivity contribution is 7.17. The Morgan fingerprint density at radius 3 is 2.68 bits per heavy atom. The van der Waals surface area contributed by atoms with Crippen LogP contribution in [0.1, 0.15) is 5.69 Å². The highest BCUT2D eigenvalue weighted by Crippen LogP contribution is 2.38. The predicted molar refractivity (Wildman–Crippen MR) is 76.0 cm³/mol.